The summed E-state index contributed by atoms with van der Waals surface area (Å²) in [6, 6.07) is 7.51. The lowest BCUT2D eigenvalue weighted by atomic mass is 10.3. The second kappa shape index (κ2) is 6.68. The molecule has 2 rings (SSSR count). The number of nitrogens with one attached hydrogen (secondary N) is 1. The van der Waals surface area contributed by atoms with E-state index < -0.39 is 0 Å². The molecule has 1 fully saturated rings. The Kier molecular flexibility index (Phi) is 4.93. The van der Waals surface area contributed by atoms with E-state index in [0.29, 0.717) is 19.6 Å². The molecule has 1 aromatic carbocycles. The second-order valence-electron chi connectivity index (χ2n) is 4.48. The van der Waals surface area contributed by atoms with Crippen LogP contribution in [0.15, 0.2) is 28.7 Å². The van der Waals surface area contributed by atoms with Gasteiger partial charge in [-0.2, -0.15) is 0 Å². The number of rotatable bonds is 4. The number of hydrogen-bond acceptors (Lipinski definition) is 3. The van der Waals surface area contributed by atoms with Crippen molar-refractivity contribution in [2.45, 2.75) is 0 Å². The summed E-state index contributed by atoms with van der Waals surface area (Å²) in [4.78, 5) is 26.3. The first-order valence-corrected chi connectivity index (χ1v) is 6.94. The second-order valence-corrected chi connectivity index (χ2v) is 5.39. The van der Waals surface area contributed by atoms with E-state index in [9.17, 15) is 9.59 Å². The summed E-state index contributed by atoms with van der Waals surface area (Å²) in [6.07, 6.45) is 0.860. The van der Waals surface area contributed by atoms with Gasteiger partial charge in [0.2, 0.25) is 12.3 Å². The SMILES string of the molecule is O=CN1CCN(CC(=O)Nc2cccc(Br)c2)CC1. The van der Waals surface area contributed by atoms with Crippen LogP contribution in [0.5, 0.6) is 0 Å². The van der Waals surface area contributed by atoms with Crippen molar-refractivity contribution in [3.05, 3.63) is 28.7 Å². The Morgan fingerprint density at radius 3 is 2.68 bits per heavy atom. The van der Waals surface area contributed by atoms with Crippen molar-refractivity contribution in [3.63, 3.8) is 0 Å². The predicted molar refractivity (Wildman–Crippen MR) is 76.8 cm³/mol. The minimum atomic E-state index is -0.0300. The Bertz CT molecular complexity index is 459. The van der Waals surface area contributed by atoms with Crippen LogP contribution in [0.3, 0.4) is 0 Å². The van der Waals surface area contributed by atoms with Crippen molar-refractivity contribution in [1.82, 2.24) is 9.80 Å². The molecule has 1 aliphatic rings. The summed E-state index contributed by atoms with van der Waals surface area (Å²) in [5, 5.41) is 2.86. The number of amides is 2. The summed E-state index contributed by atoms with van der Waals surface area (Å²) < 4.78 is 0.935. The van der Waals surface area contributed by atoms with E-state index in [-0.39, 0.29) is 5.91 Å². The molecule has 19 heavy (non-hydrogen) atoms. The van der Waals surface area contributed by atoms with Crippen molar-refractivity contribution in [1.29, 1.82) is 0 Å². The number of benzene rings is 1. The molecule has 0 aliphatic carbocycles. The van der Waals surface area contributed by atoms with Gasteiger partial charge in [0, 0.05) is 36.3 Å². The summed E-state index contributed by atoms with van der Waals surface area (Å²) in [5.74, 6) is -0.0300. The molecule has 102 valence electrons. The molecule has 2 amide bonds. The maximum Gasteiger partial charge on any atom is 0.238 e. The molecule has 0 aromatic heterocycles. The molecule has 1 aliphatic heterocycles. The molecule has 1 N–H and O–H groups in total. The van der Waals surface area contributed by atoms with Crippen LogP contribution in [-0.2, 0) is 9.59 Å². The van der Waals surface area contributed by atoms with Crippen molar-refractivity contribution >= 4 is 33.9 Å². The van der Waals surface area contributed by atoms with Crippen LogP contribution in [0.25, 0.3) is 0 Å². The maximum absolute atomic E-state index is 11.9. The van der Waals surface area contributed by atoms with E-state index in [2.05, 4.69) is 21.2 Å². The van der Waals surface area contributed by atoms with Gasteiger partial charge in [0.15, 0.2) is 0 Å². The van der Waals surface area contributed by atoms with E-state index >= 15 is 0 Å². The number of carbonyl (C=O) groups is 2. The Labute approximate surface area is 120 Å². The van der Waals surface area contributed by atoms with E-state index in [4.69, 9.17) is 0 Å². The van der Waals surface area contributed by atoms with Crippen LogP contribution in [0.1, 0.15) is 0 Å². The first-order chi connectivity index (χ1) is 9.17. The monoisotopic (exact) mass is 325 g/mol. The van der Waals surface area contributed by atoms with Gasteiger partial charge in [0.25, 0.3) is 0 Å². The molecule has 0 atom stereocenters. The van der Waals surface area contributed by atoms with Gasteiger partial charge in [0.1, 0.15) is 0 Å². The van der Waals surface area contributed by atoms with Crippen LogP contribution in [0, 0.1) is 0 Å². The zero-order valence-corrected chi connectivity index (χ0v) is 12.1. The highest BCUT2D eigenvalue weighted by molar-refractivity contribution is 9.10. The van der Waals surface area contributed by atoms with Gasteiger partial charge in [-0.25, -0.2) is 0 Å². The first kappa shape index (κ1) is 14.0. The molecule has 6 heteroatoms. The minimum absolute atomic E-state index is 0.0300. The van der Waals surface area contributed by atoms with E-state index in [1.807, 2.05) is 29.2 Å². The maximum atomic E-state index is 11.9. The van der Waals surface area contributed by atoms with Crippen LogP contribution < -0.4 is 5.32 Å². The van der Waals surface area contributed by atoms with Gasteiger partial charge < -0.3 is 10.2 Å². The molecule has 1 aromatic rings. The Morgan fingerprint density at radius 1 is 1.32 bits per heavy atom. The quantitative estimate of drug-likeness (QED) is 0.845. The number of piperazine rings is 1. The van der Waals surface area contributed by atoms with E-state index in [1.165, 1.54) is 0 Å². The lowest BCUT2D eigenvalue weighted by Gasteiger charge is -2.31. The third-order valence-corrected chi connectivity index (χ3v) is 3.52. The third-order valence-electron chi connectivity index (χ3n) is 3.03. The Balaban J connectivity index is 1.80. The number of carbonyl (C=O) groups excluding carboxylic acids is 2. The smallest absolute Gasteiger partial charge is 0.238 e. The highest BCUT2D eigenvalue weighted by Gasteiger charge is 2.17. The molecule has 0 saturated carbocycles. The minimum Gasteiger partial charge on any atom is -0.343 e. The fourth-order valence-corrected chi connectivity index (χ4v) is 2.40. The summed E-state index contributed by atoms with van der Waals surface area (Å²) in [5.41, 5.74) is 0.783. The third kappa shape index (κ3) is 4.33. The highest BCUT2D eigenvalue weighted by Crippen LogP contribution is 2.15. The van der Waals surface area contributed by atoms with Crippen LogP contribution in [-0.4, -0.2) is 54.8 Å². The van der Waals surface area contributed by atoms with Crippen LogP contribution in [0.4, 0.5) is 5.69 Å². The molecule has 1 heterocycles. The number of hydrogen-bond donors (Lipinski definition) is 1. The van der Waals surface area contributed by atoms with Crippen LogP contribution in [0.2, 0.25) is 0 Å². The van der Waals surface area contributed by atoms with Crippen molar-refractivity contribution in [3.8, 4) is 0 Å². The fraction of sp³-hybridized carbons (Fsp3) is 0.385. The first-order valence-electron chi connectivity index (χ1n) is 6.14. The molecular formula is C13H16BrN3O2. The lowest BCUT2D eigenvalue weighted by molar-refractivity contribution is -0.120. The van der Waals surface area contributed by atoms with Gasteiger partial charge in [-0.05, 0) is 18.2 Å². The molecule has 0 bridgehead atoms. The number of anilines is 1. The molecule has 0 spiro atoms. The Hall–Kier alpha value is -1.40. The van der Waals surface area contributed by atoms with Crippen molar-refractivity contribution in [2.75, 3.05) is 38.0 Å². The summed E-state index contributed by atoms with van der Waals surface area (Å²) >= 11 is 3.36. The number of halogens is 1. The van der Waals surface area contributed by atoms with Crippen molar-refractivity contribution < 1.29 is 9.59 Å². The fourth-order valence-electron chi connectivity index (χ4n) is 2.00. The standard InChI is InChI=1S/C13H16BrN3O2/c14-11-2-1-3-12(8-11)15-13(19)9-16-4-6-17(10-18)7-5-16/h1-3,8,10H,4-7,9H2,(H,15,19). The van der Waals surface area contributed by atoms with Gasteiger partial charge in [0.05, 0.1) is 6.54 Å². The topological polar surface area (TPSA) is 52.7 Å². The van der Waals surface area contributed by atoms with E-state index in [1.54, 1.807) is 4.90 Å². The van der Waals surface area contributed by atoms with Crippen LogP contribution >= 0.6 is 15.9 Å². The molecule has 5 nitrogen and oxygen atoms in total. The number of nitrogens with zero attached hydrogens (tertiary/aromatic N) is 2. The molecule has 1 saturated heterocycles. The van der Waals surface area contributed by atoms with E-state index in [0.717, 1.165) is 29.7 Å². The highest BCUT2D eigenvalue weighted by atomic mass is 79.9. The zero-order valence-electron chi connectivity index (χ0n) is 10.5. The predicted octanol–water partition coefficient (Wildman–Crippen LogP) is 1.16. The molecule has 0 radical (unpaired) electrons. The average Bonchev–Trinajstić information content (AvgIpc) is 2.39. The largest absolute Gasteiger partial charge is 0.343 e. The van der Waals surface area contributed by atoms with Gasteiger partial charge >= 0.3 is 0 Å². The average molecular weight is 326 g/mol. The normalized spacial score (nSPS) is 16.2. The summed E-state index contributed by atoms with van der Waals surface area (Å²) in [7, 11) is 0. The van der Waals surface area contributed by atoms with Crippen molar-refractivity contribution in [2.24, 2.45) is 0 Å². The van der Waals surface area contributed by atoms with Gasteiger partial charge in [-0.1, -0.05) is 22.0 Å². The Morgan fingerprint density at radius 2 is 2.05 bits per heavy atom. The molecular weight excluding hydrogens is 310 g/mol. The summed E-state index contributed by atoms with van der Waals surface area (Å²) in [6.45, 7) is 3.22. The lowest BCUT2D eigenvalue weighted by Crippen LogP contribution is -2.48. The van der Waals surface area contributed by atoms with Gasteiger partial charge in [-0.3, -0.25) is 14.5 Å². The molecule has 0 unspecified atom stereocenters. The zero-order chi connectivity index (χ0) is 13.7. The van der Waals surface area contributed by atoms with Gasteiger partial charge in [-0.15, -0.1) is 0 Å².